The summed E-state index contributed by atoms with van der Waals surface area (Å²) in [4.78, 5) is 52.2. The van der Waals surface area contributed by atoms with Crippen LogP contribution in [0.5, 0.6) is 5.75 Å². The van der Waals surface area contributed by atoms with Crippen LogP contribution in [0.4, 0.5) is 5.69 Å². The van der Waals surface area contributed by atoms with Gasteiger partial charge in [-0.05, 0) is 55.8 Å². The Labute approximate surface area is 213 Å². The molecule has 0 spiro atoms. The summed E-state index contributed by atoms with van der Waals surface area (Å²) in [6.07, 6.45) is 0. The van der Waals surface area contributed by atoms with Crippen molar-refractivity contribution in [3.63, 3.8) is 0 Å². The van der Waals surface area contributed by atoms with Crippen molar-refractivity contribution in [1.29, 1.82) is 0 Å². The number of hydrogen-bond donors (Lipinski definition) is 2. The summed E-state index contributed by atoms with van der Waals surface area (Å²) in [6.45, 7) is 4.41. The Kier molecular flexibility index (Phi) is 7.88. The average molecular weight is 508 g/mol. The molecule has 1 fully saturated rings. The summed E-state index contributed by atoms with van der Waals surface area (Å²) in [6, 6.07) is 12.6. The lowest BCUT2D eigenvalue weighted by Gasteiger charge is -2.37. The molecule has 0 bridgehead atoms. The minimum atomic E-state index is -1.09. The van der Waals surface area contributed by atoms with E-state index in [1.165, 1.54) is 19.1 Å². The maximum Gasteiger partial charge on any atom is 0.336 e. The highest BCUT2D eigenvalue weighted by atomic mass is 16.5. The number of nitrogens with zero attached hydrogens (tertiary/aromatic N) is 2. The predicted molar refractivity (Wildman–Crippen MR) is 137 cm³/mol. The number of aliphatic hydroxyl groups excluding tert-OH is 1. The van der Waals surface area contributed by atoms with Crippen molar-refractivity contribution in [3.05, 3.63) is 70.1 Å². The number of Topliss-reactive ketones (excluding diaryl/α,β-unsaturated/α-hetero) is 1. The van der Waals surface area contributed by atoms with Crippen LogP contribution in [0.2, 0.25) is 0 Å². The van der Waals surface area contributed by atoms with Gasteiger partial charge in [-0.3, -0.25) is 14.4 Å². The number of amides is 2. The number of hydrogen-bond acceptors (Lipinski definition) is 8. The van der Waals surface area contributed by atoms with E-state index in [4.69, 9.17) is 9.15 Å². The van der Waals surface area contributed by atoms with Gasteiger partial charge in [0.05, 0.1) is 6.61 Å². The molecule has 37 heavy (non-hydrogen) atoms. The lowest BCUT2D eigenvalue weighted by Crippen LogP contribution is -2.56. The molecule has 2 heterocycles. The Morgan fingerprint density at radius 1 is 1.05 bits per heavy atom. The third-order valence-electron chi connectivity index (χ3n) is 6.34. The molecule has 10 heteroatoms. The molecule has 4 rings (SSSR count). The van der Waals surface area contributed by atoms with Crippen LogP contribution in [0.1, 0.15) is 22.8 Å². The number of piperazine rings is 1. The monoisotopic (exact) mass is 507 g/mol. The highest BCUT2D eigenvalue weighted by molar-refractivity contribution is 5.94. The molecule has 10 nitrogen and oxygen atoms in total. The molecular weight excluding hydrogens is 478 g/mol. The van der Waals surface area contributed by atoms with Gasteiger partial charge >= 0.3 is 5.63 Å². The van der Waals surface area contributed by atoms with E-state index in [1.54, 1.807) is 36.1 Å². The van der Waals surface area contributed by atoms with E-state index < -0.39 is 24.2 Å². The topological polar surface area (TPSA) is 129 Å². The second kappa shape index (κ2) is 11.3. The van der Waals surface area contributed by atoms with Crippen molar-refractivity contribution >= 4 is 34.3 Å². The van der Waals surface area contributed by atoms with Gasteiger partial charge in [0.25, 0.3) is 5.91 Å². The Bertz CT molecular complexity index is 1360. The molecule has 0 saturated carbocycles. The van der Waals surface area contributed by atoms with Gasteiger partial charge in [-0.25, -0.2) is 4.79 Å². The highest BCUT2D eigenvalue weighted by Gasteiger charge is 2.28. The Hall–Kier alpha value is -4.18. The predicted octanol–water partition coefficient (Wildman–Crippen LogP) is 1.51. The molecule has 2 aromatic carbocycles. The van der Waals surface area contributed by atoms with Gasteiger partial charge in [0.2, 0.25) is 5.91 Å². The number of carbonyl (C=O) groups is 3. The van der Waals surface area contributed by atoms with E-state index in [-0.39, 0.29) is 18.3 Å². The van der Waals surface area contributed by atoms with E-state index in [1.807, 2.05) is 12.1 Å². The smallest absolute Gasteiger partial charge is 0.336 e. The number of benzene rings is 2. The lowest BCUT2D eigenvalue weighted by molar-refractivity contribution is -0.138. The van der Waals surface area contributed by atoms with Crippen LogP contribution in [-0.4, -0.2) is 73.0 Å². The minimum absolute atomic E-state index is 0.00477. The first-order valence-corrected chi connectivity index (χ1v) is 12.0. The Morgan fingerprint density at radius 3 is 2.41 bits per heavy atom. The van der Waals surface area contributed by atoms with E-state index in [0.717, 1.165) is 16.6 Å². The van der Waals surface area contributed by atoms with Crippen LogP contribution >= 0.6 is 0 Å². The number of aliphatic hydroxyl groups is 1. The van der Waals surface area contributed by atoms with E-state index in [2.05, 4.69) is 10.2 Å². The van der Waals surface area contributed by atoms with Gasteiger partial charge in [0, 0.05) is 54.9 Å². The molecule has 2 amide bonds. The molecule has 1 saturated heterocycles. The zero-order valence-electron chi connectivity index (χ0n) is 20.7. The summed E-state index contributed by atoms with van der Waals surface area (Å²) in [5, 5.41) is 13.0. The normalized spacial score (nSPS) is 14.4. The molecule has 0 aliphatic carbocycles. The van der Waals surface area contributed by atoms with Crippen LogP contribution in [0.3, 0.4) is 0 Å². The van der Waals surface area contributed by atoms with E-state index >= 15 is 0 Å². The number of anilines is 1. The van der Waals surface area contributed by atoms with Gasteiger partial charge in [-0.1, -0.05) is 0 Å². The molecule has 3 aromatic rings. The van der Waals surface area contributed by atoms with Crippen LogP contribution in [0.25, 0.3) is 11.0 Å². The van der Waals surface area contributed by atoms with Gasteiger partial charge < -0.3 is 29.4 Å². The first kappa shape index (κ1) is 25.9. The van der Waals surface area contributed by atoms with Crippen molar-refractivity contribution in [1.82, 2.24) is 10.2 Å². The fourth-order valence-electron chi connectivity index (χ4n) is 4.28. The maximum absolute atomic E-state index is 12.9. The van der Waals surface area contributed by atoms with Crippen LogP contribution in [0, 0.1) is 6.92 Å². The summed E-state index contributed by atoms with van der Waals surface area (Å²) in [5.74, 6) is -0.603. The molecule has 1 aliphatic rings. The fraction of sp³-hybridized carbons (Fsp3) is 0.333. The zero-order chi connectivity index (χ0) is 26.5. The molecular formula is C27H29N3O7. The number of rotatable bonds is 8. The number of ketones is 1. The summed E-state index contributed by atoms with van der Waals surface area (Å²) < 4.78 is 10.7. The van der Waals surface area contributed by atoms with Crippen LogP contribution < -0.4 is 20.6 Å². The van der Waals surface area contributed by atoms with Gasteiger partial charge in [-0.2, -0.15) is 0 Å². The highest BCUT2D eigenvalue weighted by Crippen LogP contribution is 2.22. The van der Waals surface area contributed by atoms with Crippen molar-refractivity contribution in [2.24, 2.45) is 0 Å². The molecule has 0 unspecified atom stereocenters. The number of fused-ring (bicyclic) bond motifs is 1. The Morgan fingerprint density at radius 2 is 1.76 bits per heavy atom. The van der Waals surface area contributed by atoms with E-state index in [9.17, 15) is 24.3 Å². The van der Waals surface area contributed by atoms with Gasteiger partial charge in [0.1, 0.15) is 17.4 Å². The van der Waals surface area contributed by atoms with Crippen LogP contribution in [-0.2, 0) is 9.59 Å². The number of aryl methyl sites for hydroxylation is 1. The second-order valence-corrected chi connectivity index (χ2v) is 8.91. The summed E-state index contributed by atoms with van der Waals surface area (Å²) in [5.41, 5.74) is 2.25. The SMILES string of the molecule is CC(=O)c1ccc(N2CCN(C(=O)[C@H](CO)NC(=O)COc3ccc4c(C)cc(=O)oc4c3)CC2)cc1. The van der Waals surface area contributed by atoms with Crippen molar-refractivity contribution in [3.8, 4) is 5.75 Å². The van der Waals surface area contributed by atoms with Crippen LogP contribution in [0.15, 0.2) is 57.7 Å². The van der Waals surface area contributed by atoms with Gasteiger partial charge in [-0.15, -0.1) is 0 Å². The minimum Gasteiger partial charge on any atom is -0.484 e. The third-order valence-corrected chi connectivity index (χ3v) is 6.34. The molecule has 0 radical (unpaired) electrons. The maximum atomic E-state index is 12.9. The lowest BCUT2D eigenvalue weighted by atomic mass is 10.1. The van der Waals surface area contributed by atoms with Crippen molar-refractivity contribution in [2.45, 2.75) is 19.9 Å². The zero-order valence-corrected chi connectivity index (χ0v) is 20.7. The molecule has 1 aliphatic heterocycles. The third kappa shape index (κ3) is 6.15. The molecule has 1 aromatic heterocycles. The van der Waals surface area contributed by atoms with Crippen molar-refractivity contribution in [2.75, 3.05) is 44.3 Å². The first-order valence-electron chi connectivity index (χ1n) is 12.0. The number of carbonyl (C=O) groups excluding carboxylic acids is 3. The summed E-state index contributed by atoms with van der Waals surface area (Å²) >= 11 is 0. The molecule has 1 atom stereocenters. The number of nitrogens with one attached hydrogen (secondary N) is 1. The second-order valence-electron chi connectivity index (χ2n) is 8.91. The fourth-order valence-corrected chi connectivity index (χ4v) is 4.28. The largest absolute Gasteiger partial charge is 0.484 e. The van der Waals surface area contributed by atoms with Gasteiger partial charge in [0.15, 0.2) is 12.4 Å². The summed E-state index contributed by atoms with van der Waals surface area (Å²) in [7, 11) is 0. The van der Waals surface area contributed by atoms with E-state index in [0.29, 0.717) is 43.1 Å². The number of ether oxygens (including phenoxy) is 1. The average Bonchev–Trinajstić information content (AvgIpc) is 2.90. The Balaban J connectivity index is 1.29. The molecule has 2 N–H and O–H groups in total. The quantitative estimate of drug-likeness (QED) is 0.347. The van der Waals surface area contributed by atoms with Crippen molar-refractivity contribution < 1.29 is 28.6 Å². The first-order chi connectivity index (χ1) is 17.7. The molecule has 194 valence electrons. The standard InChI is InChI=1S/C27H29N3O7/c1-17-13-26(34)37-24-14-21(7-8-22(17)24)36-16-25(33)28-23(15-31)27(35)30-11-9-29(10-12-30)20-5-3-19(4-6-20)18(2)32/h3-8,13-14,23,31H,9-12,15-16H2,1-2H3,(H,28,33)/t23-/m0/s1.